The lowest BCUT2D eigenvalue weighted by Crippen LogP contribution is -2.42. The molecule has 1 atom stereocenters. The molecule has 3 rings (SSSR count). The van der Waals surface area contributed by atoms with E-state index in [1.807, 2.05) is 42.7 Å². The molecule has 9 nitrogen and oxygen atoms in total. The van der Waals surface area contributed by atoms with Crippen molar-refractivity contribution in [1.29, 1.82) is 0 Å². The number of benzene rings is 1. The van der Waals surface area contributed by atoms with E-state index in [0.29, 0.717) is 11.0 Å². The summed E-state index contributed by atoms with van der Waals surface area (Å²) in [7, 11) is 2.74. The van der Waals surface area contributed by atoms with E-state index in [-0.39, 0.29) is 11.4 Å². The second-order valence-electron chi connectivity index (χ2n) is 6.74. The van der Waals surface area contributed by atoms with E-state index in [9.17, 15) is 14.4 Å². The van der Waals surface area contributed by atoms with Crippen molar-refractivity contribution in [1.82, 2.24) is 23.9 Å². The van der Waals surface area contributed by atoms with Gasteiger partial charge in [0, 0.05) is 14.1 Å². The van der Waals surface area contributed by atoms with Crippen LogP contribution >= 0.6 is 11.8 Å². The molecule has 0 saturated heterocycles. The molecular formula is C19H22N6O3S. The molecule has 10 heteroatoms. The number of carbonyl (C=O) groups is 1. The topological polar surface area (TPSA) is 118 Å². The first-order valence-electron chi connectivity index (χ1n) is 8.89. The maximum atomic E-state index is 13.0. The molecule has 29 heavy (non-hydrogen) atoms. The molecule has 0 radical (unpaired) electrons. The first-order valence-corrected chi connectivity index (χ1v) is 9.77. The lowest BCUT2D eigenvalue weighted by atomic mass is 10.1. The molecule has 1 unspecified atom stereocenters. The highest BCUT2D eigenvalue weighted by molar-refractivity contribution is 8.00. The summed E-state index contributed by atoms with van der Waals surface area (Å²) in [5.74, 6) is 0.0618. The molecule has 0 fully saturated rings. The molecule has 2 heterocycles. The van der Waals surface area contributed by atoms with Crippen LogP contribution in [0.2, 0.25) is 0 Å². The number of nitrogens with two attached hydrogens (primary N) is 1. The third-order valence-corrected chi connectivity index (χ3v) is 5.80. The summed E-state index contributed by atoms with van der Waals surface area (Å²) in [4.78, 5) is 37.5. The summed E-state index contributed by atoms with van der Waals surface area (Å²) in [6, 6.07) is 7.78. The average Bonchev–Trinajstić information content (AvgIpc) is 3.05. The van der Waals surface area contributed by atoms with Crippen molar-refractivity contribution in [3.63, 3.8) is 0 Å². The van der Waals surface area contributed by atoms with Crippen LogP contribution in [-0.4, -0.2) is 34.9 Å². The van der Waals surface area contributed by atoms with Crippen molar-refractivity contribution in [3.05, 3.63) is 62.1 Å². The molecule has 0 spiro atoms. The molecule has 0 saturated carbocycles. The fourth-order valence-electron chi connectivity index (χ4n) is 3.02. The zero-order valence-corrected chi connectivity index (χ0v) is 17.6. The van der Waals surface area contributed by atoms with E-state index < -0.39 is 22.3 Å². The van der Waals surface area contributed by atoms with E-state index in [0.717, 1.165) is 20.4 Å². The number of aryl methyl sites for hydroxylation is 2. The van der Waals surface area contributed by atoms with Gasteiger partial charge in [0.1, 0.15) is 17.2 Å². The number of hydrogen-bond donors (Lipinski definition) is 1. The van der Waals surface area contributed by atoms with Gasteiger partial charge in [-0.3, -0.25) is 23.3 Å². The summed E-state index contributed by atoms with van der Waals surface area (Å²) < 4.78 is 3.83. The molecule has 0 bridgehead atoms. The molecule has 0 aliphatic heterocycles. The summed E-state index contributed by atoms with van der Waals surface area (Å²) in [6.45, 7) is 5.48. The minimum absolute atomic E-state index is 0.146. The van der Waals surface area contributed by atoms with Crippen molar-refractivity contribution in [2.75, 3.05) is 5.73 Å². The number of carbonyl (C=O) groups excluding carboxylic acids is 1. The lowest BCUT2D eigenvalue weighted by molar-refractivity contribution is 0.0992. The van der Waals surface area contributed by atoms with Crippen molar-refractivity contribution >= 4 is 23.4 Å². The highest BCUT2D eigenvalue weighted by Crippen LogP contribution is 2.28. The quantitative estimate of drug-likeness (QED) is 0.493. The van der Waals surface area contributed by atoms with Gasteiger partial charge >= 0.3 is 5.69 Å². The second kappa shape index (κ2) is 7.70. The number of nitrogens with zero attached hydrogens (tertiary/aromatic N) is 5. The van der Waals surface area contributed by atoms with E-state index in [4.69, 9.17) is 5.73 Å². The van der Waals surface area contributed by atoms with Crippen LogP contribution in [-0.2, 0) is 14.1 Å². The highest BCUT2D eigenvalue weighted by atomic mass is 32.2. The van der Waals surface area contributed by atoms with Crippen molar-refractivity contribution in [3.8, 4) is 5.69 Å². The Hall–Kier alpha value is -3.14. The predicted octanol–water partition coefficient (Wildman–Crippen LogP) is 1.23. The number of anilines is 1. The van der Waals surface area contributed by atoms with Crippen molar-refractivity contribution < 1.29 is 4.79 Å². The Labute approximate surface area is 171 Å². The third-order valence-electron chi connectivity index (χ3n) is 4.76. The first-order chi connectivity index (χ1) is 13.6. The standard InChI is InChI=1S/C19H22N6O3S/c1-10-8-6-7-9-13(10)25-12(3)21-22-18(25)29-11(2)15(26)14-16(20)23(4)19(28)24(5)17(14)27/h6-9,11H,20H2,1-5H3. The van der Waals surface area contributed by atoms with E-state index in [1.54, 1.807) is 6.92 Å². The van der Waals surface area contributed by atoms with Gasteiger partial charge in [0.25, 0.3) is 5.56 Å². The van der Waals surface area contributed by atoms with Crippen LogP contribution in [0.3, 0.4) is 0 Å². The van der Waals surface area contributed by atoms with Crippen molar-refractivity contribution in [2.45, 2.75) is 31.2 Å². The van der Waals surface area contributed by atoms with Crippen LogP contribution in [0, 0.1) is 13.8 Å². The number of para-hydroxylation sites is 1. The molecule has 1 aromatic carbocycles. The summed E-state index contributed by atoms with van der Waals surface area (Å²) >= 11 is 1.18. The second-order valence-corrected chi connectivity index (χ2v) is 8.05. The van der Waals surface area contributed by atoms with Gasteiger partial charge in [-0.1, -0.05) is 30.0 Å². The Morgan fingerprint density at radius 3 is 2.41 bits per heavy atom. The Balaban J connectivity index is 2.01. The molecular weight excluding hydrogens is 392 g/mol. The molecule has 0 aliphatic rings. The number of rotatable bonds is 5. The predicted molar refractivity (Wildman–Crippen MR) is 112 cm³/mol. The summed E-state index contributed by atoms with van der Waals surface area (Å²) in [6.07, 6.45) is 0. The first kappa shape index (κ1) is 20.6. The number of hydrogen-bond acceptors (Lipinski definition) is 7. The Morgan fingerprint density at radius 1 is 1.10 bits per heavy atom. The van der Waals surface area contributed by atoms with Crippen LogP contribution in [0.4, 0.5) is 5.82 Å². The Morgan fingerprint density at radius 2 is 1.76 bits per heavy atom. The minimum atomic E-state index is -0.709. The summed E-state index contributed by atoms with van der Waals surface area (Å²) in [5, 5.41) is 8.19. The number of nitrogen functional groups attached to an aromatic ring is 1. The minimum Gasteiger partial charge on any atom is -0.384 e. The van der Waals surface area contributed by atoms with Gasteiger partial charge in [0.2, 0.25) is 0 Å². The zero-order chi connectivity index (χ0) is 21.5. The van der Waals surface area contributed by atoms with Gasteiger partial charge < -0.3 is 5.73 Å². The lowest BCUT2D eigenvalue weighted by Gasteiger charge is -2.15. The van der Waals surface area contributed by atoms with Gasteiger partial charge in [-0.15, -0.1) is 10.2 Å². The maximum Gasteiger partial charge on any atom is 0.332 e. The number of Topliss-reactive ketones (excluding diaryl/α,β-unsaturated/α-hetero) is 1. The van der Waals surface area contributed by atoms with Gasteiger partial charge in [0.05, 0.1) is 10.9 Å². The largest absolute Gasteiger partial charge is 0.384 e. The van der Waals surface area contributed by atoms with E-state index in [2.05, 4.69) is 10.2 Å². The van der Waals surface area contributed by atoms with Gasteiger partial charge in [-0.05, 0) is 32.4 Å². The SMILES string of the molecule is Cc1ccccc1-n1c(C)nnc1SC(C)C(=O)c1c(N)n(C)c(=O)n(C)c1=O. The number of ketones is 1. The van der Waals surface area contributed by atoms with Crippen LogP contribution in [0.25, 0.3) is 5.69 Å². The smallest absolute Gasteiger partial charge is 0.332 e. The number of thioether (sulfide) groups is 1. The summed E-state index contributed by atoms with van der Waals surface area (Å²) in [5.41, 5.74) is 6.37. The zero-order valence-electron chi connectivity index (χ0n) is 16.8. The van der Waals surface area contributed by atoms with Gasteiger partial charge in [0.15, 0.2) is 10.9 Å². The van der Waals surface area contributed by atoms with Crippen LogP contribution in [0.5, 0.6) is 0 Å². The van der Waals surface area contributed by atoms with Gasteiger partial charge in [-0.2, -0.15) is 0 Å². The van der Waals surface area contributed by atoms with Crippen LogP contribution in [0.15, 0.2) is 39.0 Å². The van der Waals surface area contributed by atoms with Gasteiger partial charge in [-0.25, -0.2) is 4.79 Å². The third kappa shape index (κ3) is 3.51. The molecule has 152 valence electrons. The molecule has 0 aliphatic carbocycles. The molecule has 0 amide bonds. The molecule has 2 N–H and O–H groups in total. The van der Waals surface area contributed by atoms with E-state index >= 15 is 0 Å². The Kier molecular flexibility index (Phi) is 5.47. The molecule has 2 aromatic heterocycles. The highest BCUT2D eigenvalue weighted by Gasteiger charge is 2.27. The van der Waals surface area contributed by atoms with E-state index in [1.165, 1.54) is 25.9 Å². The monoisotopic (exact) mass is 414 g/mol. The average molecular weight is 414 g/mol. The molecule has 3 aromatic rings. The fraction of sp³-hybridized carbons (Fsp3) is 0.316. The van der Waals surface area contributed by atoms with Crippen molar-refractivity contribution in [2.24, 2.45) is 14.1 Å². The van der Waals surface area contributed by atoms with Crippen LogP contribution < -0.4 is 17.0 Å². The maximum absolute atomic E-state index is 13.0. The fourth-order valence-corrected chi connectivity index (χ4v) is 3.98. The Bertz CT molecular complexity index is 1220. The number of aromatic nitrogens is 5. The van der Waals surface area contributed by atoms with Crippen LogP contribution in [0.1, 0.15) is 28.7 Å². The normalized spacial score (nSPS) is 12.2.